The molecule has 1 aliphatic carbocycles. The van der Waals surface area contributed by atoms with E-state index >= 15 is 0 Å². The van der Waals surface area contributed by atoms with E-state index in [1.54, 1.807) is 6.07 Å². The molecule has 2 saturated heterocycles. The number of nitrogens with zero attached hydrogens (tertiary/aromatic N) is 4. The predicted molar refractivity (Wildman–Crippen MR) is 141 cm³/mol. The van der Waals surface area contributed by atoms with Crippen LogP contribution in [0.4, 0.5) is 17.3 Å². The number of piperidine rings is 2. The van der Waals surface area contributed by atoms with Crippen LogP contribution < -0.4 is 20.3 Å². The number of carbonyl (C=O) groups excluding carboxylic acids is 1. The first kappa shape index (κ1) is 24.9. The average Bonchev–Trinajstić information content (AvgIpc) is 3.51. The highest BCUT2D eigenvalue weighted by molar-refractivity contribution is 7.92. The number of sulfonamides is 1. The number of hydrogen-bond donors (Lipinski definition) is 3. The van der Waals surface area contributed by atoms with Crippen LogP contribution in [0.25, 0.3) is 11.3 Å². The minimum absolute atomic E-state index is 0.226. The number of hydrogen-bond acceptors (Lipinski definition) is 7. The standard InChI is InChI=1S/C25H36N6O4S/c1-29-22(21(23(26)33)27-24(29)31-11-3-2-4-12-31)19-6-5-18(28-36(34,35)16-15-32)17-20(19)30-13-9-25(7-8-25)10-14-30/h5-6,17,28,32H,2-4,7-16H2,1H3,(H2,26,33). The second kappa shape index (κ2) is 9.59. The Morgan fingerprint density at radius 1 is 1.08 bits per heavy atom. The summed E-state index contributed by atoms with van der Waals surface area (Å²) in [5, 5.41) is 9.12. The highest BCUT2D eigenvalue weighted by Gasteiger charge is 2.44. The molecule has 3 fully saturated rings. The Labute approximate surface area is 212 Å². The molecule has 3 aliphatic rings. The monoisotopic (exact) mass is 516 g/mol. The quantitative estimate of drug-likeness (QED) is 0.490. The molecule has 11 heteroatoms. The minimum atomic E-state index is -3.68. The fourth-order valence-corrected chi connectivity index (χ4v) is 6.48. The van der Waals surface area contributed by atoms with Crippen LogP contribution in [-0.2, 0) is 17.1 Å². The normalized spacial score (nSPS) is 19.5. The molecule has 196 valence electrons. The molecule has 1 spiro atoms. The molecule has 0 unspecified atom stereocenters. The Morgan fingerprint density at radius 2 is 1.78 bits per heavy atom. The number of nitrogens with two attached hydrogens (primary N) is 1. The van der Waals surface area contributed by atoms with Gasteiger partial charge in [0.25, 0.3) is 5.91 Å². The van der Waals surface area contributed by atoms with Gasteiger partial charge < -0.3 is 25.2 Å². The third kappa shape index (κ3) is 4.90. The van der Waals surface area contributed by atoms with Gasteiger partial charge in [-0.2, -0.15) is 0 Å². The fourth-order valence-electron chi connectivity index (χ4n) is 5.65. The van der Waals surface area contributed by atoms with E-state index in [0.717, 1.165) is 69.1 Å². The first-order chi connectivity index (χ1) is 17.2. The highest BCUT2D eigenvalue weighted by Crippen LogP contribution is 2.54. The van der Waals surface area contributed by atoms with Crippen molar-refractivity contribution < 1.29 is 18.3 Å². The van der Waals surface area contributed by atoms with Crippen LogP contribution in [0, 0.1) is 5.41 Å². The summed E-state index contributed by atoms with van der Waals surface area (Å²) in [4.78, 5) is 21.7. The number of aromatic nitrogens is 2. The molecule has 36 heavy (non-hydrogen) atoms. The minimum Gasteiger partial charge on any atom is -0.395 e. The molecule has 10 nitrogen and oxygen atoms in total. The van der Waals surface area contributed by atoms with Crippen molar-refractivity contribution in [3.8, 4) is 11.3 Å². The van der Waals surface area contributed by atoms with Crippen molar-refractivity contribution in [2.24, 2.45) is 18.2 Å². The largest absolute Gasteiger partial charge is 0.395 e. The van der Waals surface area contributed by atoms with Crippen molar-refractivity contribution >= 4 is 33.3 Å². The number of anilines is 3. The summed E-state index contributed by atoms with van der Waals surface area (Å²) in [6.45, 7) is 3.04. The molecule has 2 aliphatic heterocycles. The van der Waals surface area contributed by atoms with Gasteiger partial charge in [-0.3, -0.25) is 9.52 Å². The molecule has 1 aromatic heterocycles. The van der Waals surface area contributed by atoms with Crippen molar-refractivity contribution in [3.05, 3.63) is 23.9 Å². The van der Waals surface area contributed by atoms with Crippen molar-refractivity contribution in [3.63, 3.8) is 0 Å². The zero-order valence-electron chi connectivity index (χ0n) is 20.9. The van der Waals surface area contributed by atoms with Gasteiger partial charge in [0.1, 0.15) is 0 Å². The number of amides is 1. The van der Waals surface area contributed by atoms with Gasteiger partial charge in [0.2, 0.25) is 16.0 Å². The summed E-state index contributed by atoms with van der Waals surface area (Å²) in [5.74, 6) is -0.228. The Kier molecular flexibility index (Phi) is 6.63. The van der Waals surface area contributed by atoms with E-state index < -0.39 is 22.5 Å². The lowest BCUT2D eigenvalue weighted by Crippen LogP contribution is -2.35. The number of benzene rings is 1. The number of rotatable bonds is 8. The summed E-state index contributed by atoms with van der Waals surface area (Å²) in [5.41, 5.74) is 9.25. The topological polar surface area (TPSA) is 134 Å². The lowest BCUT2D eigenvalue weighted by molar-refractivity contribution is 0.0996. The number of primary amides is 1. The Balaban J connectivity index is 1.58. The van der Waals surface area contributed by atoms with Crippen LogP contribution >= 0.6 is 0 Å². The molecule has 1 aromatic carbocycles. The number of carbonyl (C=O) groups is 1. The van der Waals surface area contributed by atoms with E-state index in [0.29, 0.717) is 16.8 Å². The van der Waals surface area contributed by atoms with Gasteiger partial charge in [-0.15, -0.1) is 0 Å². The van der Waals surface area contributed by atoms with Gasteiger partial charge in [0.05, 0.1) is 23.7 Å². The van der Waals surface area contributed by atoms with Gasteiger partial charge in [-0.25, -0.2) is 13.4 Å². The van der Waals surface area contributed by atoms with E-state index in [1.165, 1.54) is 19.3 Å². The third-order valence-electron chi connectivity index (χ3n) is 7.95. The summed E-state index contributed by atoms with van der Waals surface area (Å²) >= 11 is 0. The first-order valence-electron chi connectivity index (χ1n) is 12.8. The Hall–Kier alpha value is -2.79. The van der Waals surface area contributed by atoms with Crippen LogP contribution in [0.3, 0.4) is 0 Å². The molecule has 3 heterocycles. The molecule has 1 amide bonds. The van der Waals surface area contributed by atoms with E-state index in [4.69, 9.17) is 15.8 Å². The highest BCUT2D eigenvalue weighted by atomic mass is 32.2. The molecule has 5 rings (SSSR count). The van der Waals surface area contributed by atoms with E-state index in [9.17, 15) is 13.2 Å². The predicted octanol–water partition coefficient (Wildman–Crippen LogP) is 2.29. The van der Waals surface area contributed by atoms with Crippen LogP contribution in [0.5, 0.6) is 0 Å². The molecular weight excluding hydrogens is 480 g/mol. The SMILES string of the molecule is Cn1c(N2CCCCC2)nc(C(N)=O)c1-c1ccc(NS(=O)(=O)CCO)cc1N1CCC2(CC1)CC2. The van der Waals surface area contributed by atoms with Gasteiger partial charge in [0, 0.05) is 44.5 Å². The van der Waals surface area contributed by atoms with Crippen molar-refractivity contribution in [2.75, 3.05) is 53.1 Å². The molecule has 0 radical (unpaired) electrons. The lowest BCUT2D eigenvalue weighted by atomic mass is 9.92. The molecular formula is C25H36N6O4S. The first-order valence-corrected chi connectivity index (χ1v) is 14.5. The number of aliphatic hydroxyl groups excluding tert-OH is 1. The summed E-state index contributed by atoms with van der Waals surface area (Å²) < 4.78 is 29.2. The van der Waals surface area contributed by atoms with Crippen LogP contribution in [0.15, 0.2) is 18.2 Å². The zero-order chi connectivity index (χ0) is 25.5. The van der Waals surface area contributed by atoms with E-state index in [1.807, 2.05) is 23.7 Å². The molecule has 4 N–H and O–H groups in total. The Morgan fingerprint density at radius 3 is 2.39 bits per heavy atom. The van der Waals surface area contributed by atoms with E-state index in [-0.39, 0.29) is 11.4 Å². The van der Waals surface area contributed by atoms with Gasteiger partial charge in [-0.05, 0) is 68.6 Å². The summed E-state index contributed by atoms with van der Waals surface area (Å²) in [7, 11) is -1.76. The van der Waals surface area contributed by atoms with Crippen LogP contribution in [-0.4, -0.2) is 67.5 Å². The van der Waals surface area contributed by atoms with Gasteiger partial charge in [-0.1, -0.05) is 0 Å². The third-order valence-corrected chi connectivity index (χ3v) is 9.22. The second-order valence-electron chi connectivity index (χ2n) is 10.4. The molecule has 0 bridgehead atoms. The second-order valence-corrected chi connectivity index (χ2v) is 12.3. The Bertz CT molecular complexity index is 1240. The van der Waals surface area contributed by atoms with E-state index in [2.05, 4.69) is 14.5 Å². The van der Waals surface area contributed by atoms with Gasteiger partial charge >= 0.3 is 0 Å². The number of aliphatic hydroxyl groups is 1. The molecule has 0 atom stereocenters. The number of nitrogens with one attached hydrogen (secondary N) is 1. The summed E-state index contributed by atoms with van der Waals surface area (Å²) in [6.07, 6.45) is 8.10. The fraction of sp³-hybridized carbons (Fsp3) is 0.600. The molecule has 2 aromatic rings. The van der Waals surface area contributed by atoms with Crippen LogP contribution in [0.1, 0.15) is 55.4 Å². The maximum Gasteiger partial charge on any atom is 0.269 e. The van der Waals surface area contributed by atoms with Gasteiger partial charge in [0.15, 0.2) is 5.69 Å². The average molecular weight is 517 g/mol. The summed E-state index contributed by atoms with van der Waals surface area (Å²) in [6, 6.07) is 5.36. The van der Waals surface area contributed by atoms with Crippen molar-refractivity contribution in [1.29, 1.82) is 0 Å². The van der Waals surface area contributed by atoms with Crippen molar-refractivity contribution in [1.82, 2.24) is 9.55 Å². The van der Waals surface area contributed by atoms with Crippen molar-refractivity contribution in [2.45, 2.75) is 44.9 Å². The lowest BCUT2D eigenvalue weighted by Gasteiger charge is -2.35. The number of imidazole rings is 1. The van der Waals surface area contributed by atoms with Crippen LogP contribution in [0.2, 0.25) is 0 Å². The maximum absolute atomic E-state index is 12.5. The zero-order valence-corrected chi connectivity index (χ0v) is 21.7. The molecule has 1 saturated carbocycles. The smallest absolute Gasteiger partial charge is 0.269 e. The maximum atomic E-state index is 12.5.